The first-order chi connectivity index (χ1) is 11.9. The summed E-state index contributed by atoms with van der Waals surface area (Å²) < 4.78 is 39.1. The number of anilines is 1. The van der Waals surface area contributed by atoms with Gasteiger partial charge in [0.25, 0.3) is 0 Å². The Morgan fingerprint density at radius 3 is 2.15 bits per heavy atom. The van der Waals surface area contributed by atoms with Crippen LogP contribution in [0.5, 0.6) is 0 Å². The zero-order valence-corrected chi connectivity index (χ0v) is 15.5. The molecule has 1 aromatic heterocycles. The van der Waals surface area contributed by atoms with E-state index < -0.39 is 23.3 Å². The van der Waals surface area contributed by atoms with E-state index in [0.717, 1.165) is 4.90 Å². The SMILES string of the molecule is Cc1nc(N(Cc2ccc(Cl)cc2)C(=O)C(C)(C)C)nc(C(F)(F)F)n1. The van der Waals surface area contributed by atoms with Gasteiger partial charge in [-0.25, -0.2) is 4.98 Å². The van der Waals surface area contributed by atoms with Crippen LogP contribution in [0.4, 0.5) is 19.1 Å². The van der Waals surface area contributed by atoms with Crippen LogP contribution in [-0.2, 0) is 17.5 Å². The lowest BCUT2D eigenvalue weighted by atomic mass is 9.94. The number of carbonyl (C=O) groups excluding carboxylic acids is 1. The van der Waals surface area contributed by atoms with Crippen LogP contribution in [0.25, 0.3) is 0 Å². The lowest BCUT2D eigenvalue weighted by molar-refractivity contribution is -0.145. The maximum Gasteiger partial charge on any atom is 0.451 e. The van der Waals surface area contributed by atoms with Crippen molar-refractivity contribution in [2.24, 2.45) is 5.41 Å². The highest BCUT2D eigenvalue weighted by atomic mass is 35.5. The highest BCUT2D eigenvalue weighted by molar-refractivity contribution is 6.30. The molecule has 0 bridgehead atoms. The summed E-state index contributed by atoms with van der Waals surface area (Å²) in [5.41, 5.74) is -0.163. The molecule has 5 nitrogen and oxygen atoms in total. The Labute approximate surface area is 154 Å². The molecule has 0 aliphatic rings. The number of benzene rings is 1. The minimum atomic E-state index is -4.74. The molecular weight excluding hydrogens is 369 g/mol. The molecule has 0 saturated heterocycles. The summed E-state index contributed by atoms with van der Waals surface area (Å²) in [6.45, 7) is 6.34. The largest absolute Gasteiger partial charge is 0.451 e. The van der Waals surface area contributed by atoms with E-state index in [0.29, 0.717) is 10.6 Å². The summed E-state index contributed by atoms with van der Waals surface area (Å²) >= 11 is 5.85. The average Bonchev–Trinajstić information content (AvgIpc) is 2.51. The number of aryl methyl sites for hydroxylation is 1. The van der Waals surface area contributed by atoms with E-state index in [4.69, 9.17) is 11.6 Å². The Morgan fingerprint density at radius 2 is 1.65 bits per heavy atom. The van der Waals surface area contributed by atoms with Gasteiger partial charge in [0.15, 0.2) is 0 Å². The first-order valence-corrected chi connectivity index (χ1v) is 8.12. The first-order valence-electron chi connectivity index (χ1n) is 7.74. The molecule has 0 N–H and O–H groups in total. The van der Waals surface area contributed by atoms with Gasteiger partial charge in [-0.05, 0) is 24.6 Å². The second-order valence-corrected chi connectivity index (χ2v) is 7.21. The average molecular weight is 387 g/mol. The van der Waals surface area contributed by atoms with E-state index >= 15 is 0 Å². The molecule has 0 spiro atoms. The Kier molecular flexibility index (Phi) is 5.55. The van der Waals surface area contributed by atoms with Crippen LogP contribution in [0.3, 0.4) is 0 Å². The molecule has 1 aromatic carbocycles. The maximum absolute atomic E-state index is 13.0. The van der Waals surface area contributed by atoms with Gasteiger partial charge in [-0.3, -0.25) is 9.69 Å². The topological polar surface area (TPSA) is 59.0 Å². The Balaban J connectivity index is 2.52. The highest BCUT2D eigenvalue weighted by Crippen LogP contribution is 2.29. The predicted octanol–water partition coefficient (Wildman–Crippen LogP) is 4.43. The van der Waals surface area contributed by atoms with Crippen molar-refractivity contribution in [2.45, 2.75) is 40.4 Å². The number of alkyl halides is 3. The first kappa shape index (κ1) is 20.1. The molecule has 2 aromatic rings. The van der Waals surface area contributed by atoms with Gasteiger partial charge in [-0.15, -0.1) is 0 Å². The van der Waals surface area contributed by atoms with Gasteiger partial charge >= 0.3 is 6.18 Å². The van der Waals surface area contributed by atoms with Crippen molar-refractivity contribution in [3.8, 4) is 0 Å². The predicted molar refractivity (Wildman–Crippen MR) is 91.7 cm³/mol. The monoisotopic (exact) mass is 386 g/mol. The quantitative estimate of drug-likeness (QED) is 0.782. The second-order valence-electron chi connectivity index (χ2n) is 6.77. The number of amides is 1. The third-order valence-electron chi connectivity index (χ3n) is 3.37. The molecule has 1 amide bonds. The van der Waals surface area contributed by atoms with Gasteiger partial charge in [-0.1, -0.05) is 44.5 Å². The second kappa shape index (κ2) is 7.19. The number of hydrogen-bond acceptors (Lipinski definition) is 4. The molecule has 2 rings (SSSR count). The van der Waals surface area contributed by atoms with Crippen LogP contribution in [0, 0.1) is 12.3 Å². The van der Waals surface area contributed by atoms with Crippen molar-refractivity contribution in [1.82, 2.24) is 15.0 Å². The van der Waals surface area contributed by atoms with Crippen LogP contribution in [0.1, 0.15) is 38.0 Å². The van der Waals surface area contributed by atoms with Crippen LogP contribution in [-0.4, -0.2) is 20.9 Å². The molecule has 0 atom stereocenters. The van der Waals surface area contributed by atoms with Crippen molar-refractivity contribution in [1.29, 1.82) is 0 Å². The molecule has 0 saturated carbocycles. The van der Waals surface area contributed by atoms with E-state index in [2.05, 4.69) is 15.0 Å². The number of halogens is 4. The van der Waals surface area contributed by atoms with E-state index in [-0.39, 0.29) is 18.3 Å². The summed E-state index contributed by atoms with van der Waals surface area (Å²) in [5.74, 6) is -2.20. The standard InChI is InChI=1S/C17H18ClF3N4O/c1-10-22-13(17(19,20)21)24-15(23-10)25(14(26)16(2,3)4)9-11-5-7-12(18)8-6-11/h5-8H,9H2,1-4H3. The molecule has 0 aliphatic carbocycles. The fourth-order valence-corrected chi connectivity index (χ4v) is 2.25. The molecule has 0 unspecified atom stereocenters. The number of aromatic nitrogens is 3. The lowest BCUT2D eigenvalue weighted by Crippen LogP contribution is -2.40. The third kappa shape index (κ3) is 4.91. The van der Waals surface area contributed by atoms with Crippen molar-refractivity contribution in [3.63, 3.8) is 0 Å². The molecule has 0 fully saturated rings. The van der Waals surface area contributed by atoms with Crippen molar-refractivity contribution < 1.29 is 18.0 Å². The summed E-state index contributed by atoms with van der Waals surface area (Å²) in [5, 5.41) is 0.512. The summed E-state index contributed by atoms with van der Waals surface area (Å²) in [4.78, 5) is 24.7. The lowest BCUT2D eigenvalue weighted by Gasteiger charge is -2.28. The van der Waals surface area contributed by atoms with E-state index in [1.54, 1.807) is 45.0 Å². The Bertz CT molecular complexity index is 801. The molecule has 26 heavy (non-hydrogen) atoms. The Morgan fingerprint density at radius 1 is 1.08 bits per heavy atom. The van der Waals surface area contributed by atoms with Gasteiger partial charge in [0.1, 0.15) is 5.82 Å². The van der Waals surface area contributed by atoms with Crippen LogP contribution in [0.2, 0.25) is 5.02 Å². The number of carbonyl (C=O) groups is 1. The third-order valence-corrected chi connectivity index (χ3v) is 3.62. The van der Waals surface area contributed by atoms with Gasteiger partial charge < -0.3 is 0 Å². The van der Waals surface area contributed by atoms with Crippen LogP contribution < -0.4 is 4.90 Å². The molecule has 9 heteroatoms. The zero-order chi connectivity index (χ0) is 19.7. The van der Waals surface area contributed by atoms with Crippen molar-refractivity contribution in [3.05, 3.63) is 46.5 Å². The van der Waals surface area contributed by atoms with Gasteiger partial charge in [0.2, 0.25) is 17.7 Å². The highest BCUT2D eigenvalue weighted by Gasteiger charge is 2.37. The van der Waals surface area contributed by atoms with Crippen molar-refractivity contribution >= 4 is 23.5 Å². The number of rotatable bonds is 3. The molecule has 0 radical (unpaired) electrons. The van der Waals surface area contributed by atoms with Crippen LogP contribution >= 0.6 is 11.6 Å². The normalized spacial score (nSPS) is 12.2. The molecule has 140 valence electrons. The minimum absolute atomic E-state index is 0.00796. The summed E-state index contributed by atoms with van der Waals surface area (Å²) in [7, 11) is 0. The Hall–Kier alpha value is -2.22. The number of hydrogen-bond donors (Lipinski definition) is 0. The fourth-order valence-electron chi connectivity index (χ4n) is 2.13. The molecule has 1 heterocycles. The van der Waals surface area contributed by atoms with Gasteiger partial charge in [-0.2, -0.15) is 23.1 Å². The number of nitrogens with zero attached hydrogens (tertiary/aromatic N) is 4. The summed E-state index contributed by atoms with van der Waals surface area (Å²) in [6.07, 6.45) is -4.74. The zero-order valence-electron chi connectivity index (χ0n) is 14.7. The van der Waals surface area contributed by atoms with Gasteiger partial charge in [0.05, 0.1) is 6.54 Å². The summed E-state index contributed by atoms with van der Waals surface area (Å²) in [6, 6.07) is 6.64. The van der Waals surface area contributed by atoms with Crippen LogP contribution in [0.15, 0.2) is 24.3 Å². The van der Waals surface area contributed by atoms with E-state index in [1.807, 2.05) is 0 Å². The van der Waals surface area contributed by atoms with Gasteiger partial charge in [0, 0.05) is 10.4 Å². The van der Waals surface area contributed by atoms with E-state index in [9.17, 15) is 18.0 Å². The maximum atomic E-state index is 13.0. The molecule has 0 aliphatic heterocycles. The fraction of sp³-hybridized carbons (Fsp3) is 0.412. The smallest absolute Gasteiger partial charge is 0.276 e. The minimum Gasteiger partial charge on any atom is -0.276 e. The molecular formula is C17H18ClF3N4O. The van der Waals surface area contributed by atoms with E-state index in [1.165, 1.54) is 6.92 Å². The van der Waals surface area contributed by atoms with Crippen molar-refractivity contribution in [2.75, 3.05) is 4.90 Å².